The van der Waals surface area contributed by atoms with Crippen LogP contribution in [0.2, 0.25) is 0 Å². The molecule has 3 fully saturated rings. The number of carbonyl (C=O) groups is 1. The molecule has 1 N–H and O–H groups in total. The minimum absolute atomic E-state index is 0.251. The number of nitrogens with zero attached hydrogens (tertiary/aromatic N) is 5. The molecule has 3 unspecified atom stereocenters. The first kappa shape index (κ1) is 15.9. The van der Waals surface area contributed by atoms with E-state index in [0.717, 1.165) is 45.3 Å². The molecule has 2 aliphatic heterocycles. The van der Waals surface area contributed by atoms with Gasteiger partial charge in [-0.3, -0.25) is 4.90 Å². The first-order valence-corrected chi connectivity index (χ1v) is 9.19. The van der Waals surface area contributed by atoms with Crippen molar-refractivity contribution in [1.82, 2.24) is 24.6 Å². The van der Waals surface area contributed by atoms with Crippen LogP contribution in [0.4, 0.5) is 4.79 Å². The van der Waals surface area contributed by atoms with Crippen LogP contribution in [0.5, 0.6) is 0 Å². The van der Waals surface area contributed by atoms with E-state index < -0.39 is 6.09 Å². The summed E-state index contributed by atoms with van der Waals surface area (Å²) in [5, 5.41) is 13.5. The predicted molar refractivity (Wildman–Crippen MR) is 88.7 cm³/mol. The van der Waals surface area contributed by atoms with Gasteiger partial charge in [0, 0.05) is 32.2 Å². The number of piperidine rings is 1. The third-order valence-corrected chi connectivity index (χ3v) is 6.74. The van der Waals surface area contributed by atoms with Crippen molar-refractivity contribution in [1.29, 1.82) is 0 Å². The first-order valence-electron chi connectivity index (χ1n) is 9.19. The maximum Gasteiger partial charge on any atom is 0.407 e. The van der Waals surface area contributed by atoms with Gasteiger partial charge in [-0.2, -0.15) is 5.10 Å². The van der Waals surface area contributed by atoms with Crippen LogP contribution < -0.4 is 0 Å². The van der Waals surface area contributed by atoms with Gasteiger partial charge in [-0.25, -0.2) is 14.5 Å². The molecule has 1 aromatic heterocycles. The summed E-state index contributed by atoms with van der Waals surface area (Å²) in [5.41, 5.74) is 0.251. The molecule has 24 heavy (non-hydrogen) atoms. The lowest BCUT2D eigenvalue weighted by atomic mass is 9.54. The van der Waals surface area contributed by atoms with Crippen molar-refractivity contribution in [2.45, 2.75) is 51.1 Å². The van der Waals surface area contributed by atoms with Crippen molar-refractivity contribution in [3.8, 4) is 0 Å². The Morgan fingerprint density at radius 1 is 1.33 bits per heavy atom. The Bertz CT molecular complexity index is 584. The van der Waals surface area contributed by atoms with Crippen molar-refractivity contribution < 1.29 is 9.90 Å². The van der Waals surface area contributed by atoms with Crippen LogP contribution in [0.1, 0.15) is 45.1 Å². The molecule has 1 amide bonds. The van der Waals surface area contributed by atoms with Crippen molar-refractivity contribution in [3.63, 3.8) is 0 Å². The standard InChI is InChI=1S/C17H27N5O2/c1-2-14-15(9-17(14)5-8-21(10-17)16(23)24)20-6-3-13(4-7-20)22-12-18-11-19-22/h11-15H,2-10H2,1H3,(H,23,24). The van der Waals surface area contributed by atoms with Crippen molar-refractivity contribution in [2.75, 3.05) is 26.2 Å². The van der Waals surface area contributed by atoms with E-state index in [-0.39, 0.29) is 5.41 Å². The Kier molecular flexibility index (Phi) is 3.98. The van der Waals surface area contributed by atoms with Gasteiger partial charge >= 0.3 is 6.09 Å². The summed E-state index contributed by atoms with van der Waals surface area (Å²) in [6.45, 7) is 5.96. The lowest BCUT2D eigenvalue weighted by molar-refractivity contribution is -0.0797. The van der Waals surface area contributed by atoms with Gasteiger partial charge in [0.2, 0.25) is 0 Å². The molecule has 0 radical (unpaired) electrons. The van der Waals surface area contributed by atoms with Gasteiger partial charge in [0.05, 0.1) is 6.04 Å². The molecule has 4 rings (SSSR count). The average molecular weight is 333 g/mol. The van der Waals surface area contributed by atoms with Crippen LogP contribution in [-0.4, -0.2) is 68.0 Å². The largest absolute Gasteiger partial charge is 0.465 e. The van der Waals surface area contributed by atoms with Gasteiger partial charge in [0.25, 0.3) is 0 Å². The van der Waals surface area contributed by atoms with Gasteiger partial charge in [-0.05, 0) is 37.0 Å². The monoisotopic (exact) mass is 333 g/mol. The molecule has 2 saturated heterocycles. The fourth-order valence-corrected chi connectivity index (χ4v) is 5.46. The van der Waals surface area contributed by atoms with Crippen LogP contribution in [0.25, 0.3) is 0 Å². The number of rotatable bonds is 3. The zero-order valence-corrected chi connectivity index (χ0v) is 14.3. The number of hydrogen-bond acceptors (Lipinski definition) is 4. The summed E-state index contributed by atoms with van der Waals surface area (Å²) in [7, 11) is 0. The topological polar surface area (TPSA) is 74.5 Å². The molecule has 1 aliphatic carbocycles. The third-order valence-electron chi connectivity index (χ3n) is 6.74. The van der Waals surface area contributed by atoms with Gasteiger partial charge in [-0.1, -0.05) is 13.3 Å². The quantitative estimate of drug-likeness (QED) is 0.917. The molecule has 7 nitrogen and oxygen atoms in total. The Balaban J connectivity index is 1.36. The van der Waals surface area contributed by atoms with Crippen molar-refractivity contribution >= 4 is 6.09 Å². The van der Waals surface area contributed by atoms with Crippen LogP contribution in [0.15, 0.2) is 12.7 Å². The second-order valence-corrected chi connectivity index (χ2v) is 7.75. The SMILES string of the molecule is CCC1C(N2CCC(n3cncn3)CC2)CC12CCN(C(=O)O)C2. The van der Waals surface area contributed by atoms with Gasteiger partial charge in [-0.15, -0.1) is 0 Å². The molecule has 1 spiro atoms. The van der Waals surface area contributed by atoms with E-state index >= 15 is 0 Å². The van der Waals surface area contributed by atoms with Crippen LogP contribution in [0, 0.1) is 11.3 Å². The molecular weight excluding hydrogens is 306 g/mol. The predicted octanol–water partition coefficient (Wildman–Crippen LogP) is 2.08. The number of amides is 1. The Morgan fingerprint density at radius 3 is 2.71 bits per heavy atom. The highest BCUT2D eigenvalue weighted by Crippen LogP contribution is 2.56. The summed E-state index contributed by atoms with van der Waals surface area (Å²) in [6, 6.07) is 1.12. The molecule has 1 aromatic rings. The first-order chi connectivity index (χ1) is 11.6. The zero-order valence-electron chi connectivity index (χ0n) is 14.3. The third kappa shape index (κ3) is 2.49. The second-order valence-electron chi connectivity index (χ2n) is 7.75. The highest BCUT2D eigenvalue weighted by atomic mass is 16.4. The average Bonchev–Trinajstić information content (AvgIpc) is 3.24. The zero-order chi connectivity index (χ0) is 16.7. The highest BCUT2D eigenvalue weighted by molar-refractivity contribution is 5.65. The fraction of sp³-hybridized carbons (Fsp3) is 0.824. The molecular formula is C17H27N5O2. The minimum atomic E-state index is -0.751. The molecule has 1 saturated carbocycles. The van der Waals surface area contributed by atoms with E-state index in [1.807, 2.05) is 11.0 Å². The number of aromatic nitrogens is 3. The van der Waals surface area contributed by atoms with Crippen molar-refractivity contribution in [2.24, 2.45) is 11.3 Å². The van der Waals surface area contributed by atoms with Crippen LogP contribution in [0.3, 0.4) is 0 Å². The van der Waals surface area contributed by atoms with E-state index in [1.54, 1.807) is 11.2 Å². The van der Waals surface area contributed by atoms with E-state index in [2.05, 4.69) is 21.9 Å². The molecule has 132 valence electrons. The van der Waals surface area contributed by atoms with E-state index in [1.165, 1.54) is 6.42 Å². The minimum Gasteiger partial charge on any atom is -0.465 e. The Hall–Kier alpha value is -1.63. The summed E-state index contributed by atoms with van der Waals surface area (Å²) in [6.07, 6.45) is 8.32. The van der Waals surface area contributed by atoms with Gasteiger partial charge in [0.1, 0.15) is 12.7 Å². The maximum atomic E-state index is 11.3. The lowest BCUT2D eigenvalue weighted by Crippen LogP contribution is -2.61. The molecule has 3 aliphatic rings. The normalized spacial score (nSPS) is 34.6. The fourth-order valence-electron chi connectivity index (χ4n) is 5.46. The Morgan fingerprint density at radius 2 is 2.12 bits per heavy atom. The Labute approximate surface area is 142 Å². The maximum absolute atomic E-state index is 11.3. The lowest BCUT2D eigenvalue weighted by Gasteiger charge is -2.58. The molecule has 3 heterocycles. The highest BCUT2D eigenvalue weighted by Gasteiger charge is 2.57. The van der Waals surface area contributed by atoms with Crippen molar-refractivity contribution in [3.05, 3.63) is 12.7 Å². The van der Waals surface area contributed by atoms with E-state index in [0.29, 0.717) is 24.5 Å². The van der Waals surface area contributed by atoms with E-state index in [4.69, 9.17) is 0 Å². The van der Waals surface area contributed by atoms with Crippen LogP contribution in [-0.2, 0) is 0 Å². The molecule has 7 heteroatoms. The summed E-state index contributed by atoms with van der Waals surface area (Å²) < 4.78 is 2.00. The molecule has 0 aromatic carbocycles. The second kappa shape index (κ2) is 6.02. The molecule has 0 bridgehead atoms. The number of likely N-dealkylation sites (tertiary alicyclic amines) is 2. The van der Waals surface area contributed by atoms with Crippen LogP contribution >= 0.6 is 0 Å². The summed E-state index contributed by atoms with van der Waals surface area (Å²) >= 11 is 0. The van der Waals surface area contributed by atoms with E-state index in [9.17, 15) is 9.90 Å². The number of carboxylic acid groups (broad SMARTS) is 1. The summed E-state index contributed by atoms with van der Waals surface area (Å²) in [5.74, 6) is 0.643. The van der Waals surface area contributed by atoms with Gasteiger partial charge < -0.3 is 10.0 Å². The van der Waals surface area contributed by atoms with Gasteiger partial charge in [0.15, 0.2) is 0 Å². The summed E-state index contributed by atoms with van der Waals surface area (Å²) in [4.78, 5) is 19.6. The number of hydrogen-bond donors (Lipinski definition) is 1. The molecule has 3 atom stereocenters. The smallest absolute Gasteiger partial charge is 0.407 e.